The molecule has 0 saturated carbocycles. The van der Waals surface area contributed by atoms with E-state index in [0.29, 0.717) is 30.8 Å². The van der Waals surface area contributed by atoms with Gasteiger partial charge in [0.2, 0.25) is 0 Å². The van der Waals surface area contributed by atoms with E-state index < -0.39 is 0 Å². The van der Waals surface area contributed by atoms with Gasteiger partial charge in [0.05, 0.1) is 7.11 Å². The van der Waals surface area contributed by atoms with Crippen LogP contribution in [0.1, 0.15) is 46.0 Å². The summed E-state index contributed by atoms with van der Waals surface area (Å²) in [5, 5.41) is 0. The molecule has 0 bridgehead atoms. The lowest BCUT2D eigenvalue weighted by Crippen LogP contribution is -2.49. The van der Waals surface area contributed by atoms with Crippen LogP contribution in [-0.4, -0.2) is 54.9 Å². The lowest BCUT2D eigenvalue weighted by atomic mass is 10.0. The van der Waals surface area contributed by atoms with Crippen molar-refractivity contribution in [1.29, 1.82) is 0 Å². The molecule has 1 amide bonds. The van der Waals surface area contributed by atoms with E-state index in [1.165, 1.54) is 0 Å². The van der Waals surface area contributed by atoms with Crippen LogP contribution < -0.4 is 9.64 Å². The Morgan fingerprint density at radius 2 is 1.89 bits per heavy atom. The van der Waals surface area contributed by atoms with E-state index in [9.17, 15) is 9.59 Å². The second-order valence-corrected chi connectivity index (χ2v) is 6.87. The molecule has 1 N–H and O–H groups in total. The fourth-order valence-corrected chi connectivity index (χ4v) is 3.82. The Kier molecular flexibility index (Phi) is 5.54. The molecule has 0 spiro atoms. The zero-order valence-electron chi connectivity index (χ0n) is 16.5. The number of nitrogens with one attached hydrogen (secondary N) is 1. The fraction of sp³-hybridized carbons (Fsp3) is 0.429. The monoisotopic (exact) mass is 369 g/mol. The van der Waals surface area contributed by atoms with Crippen molar-refractivity contribution in [2.75, 3.05) is 38.2 Å². The minimum Gasteiger partial charge on any atom is -0.497 e. The average molecular weight is 369 g/mol. The third kappa shape index (κ3) is 3.70. The molecule has 0 aliphatic carbocycles. The minimum absolute atomic E-state index is 0.00231. The van der Waals surface area contributed by atoms with Gasteiger partial charge in [0.25, 0.3) is 5.91 Å². The molecule has 1 aliphatic heterocycles. The summed E-state index contributed by atoms with van der Waals surface area (Å²) in [6.45, 7) is 8.20. The minimum atomic E-state index is -0.0206. The van der Waals surface area contributed by atoms with Gasteiger partial charge in [0.15, 0.2) is 5.78 Å². The molecule has 0 radical (unpaired) electrons. The topological polar surface area (TPSA) is 65.6 Å². The molecular weight excluding hydrogens is 342 g/mol. The summed E-state index contributed by atoms with van der Waals surface area (Å²) in [5.41, 5.74) is 3.94. The van der Waals surface area contributed by atoms with Crippen molar-refractivity contribution in [2.45, 2.75) is 27.2 Å². The number of carbonyl (C=O) groups excluding carboxylic acids is 2. The van der Waals surface area contributed by atoms with E-state index in [2.05, 4.69) is 16.0 Å². The molecular formula is C21H27N3O3. The normalized spacial score (nSPS) is 14.4. The first-order chi connectivity index (χ1) is 13.0. The van der Waals surface area contributed by atoms with Crippen LogP contribution in [0.25, 0.3) is 0 Å². The Morgan fingerprint density at radius 1 is 1.19 bits per heavy atom. The number of methoxy groups -OCH3 is 1. The number of ether oxygens (including phenoxy) is 1. The molecule has 0 atom stereocenters. The van der Waals surface area contributed by atoms with Gasteiger partial charge < -0.3 is 19.5 Å². The van der Waals surface area contributed by atoms with Crippen molar-refractivity contribution in [1.82, 2.24) is 9.88 Å². The van der Waals surface area contributed by atoms with Crippen molar-refractivity contribution in [2.24, 2.45) is 0 Å². The number of aromatic nitrogens is 1. The first kappa shape index (κ1) is 19.0. The van der Waals surface area contributed by atoms with Crippen LogP contribution in [0.5, 0.6) is 5.75 Å². The SMILES string of the molecule is CCc1c(C(=O)N2CCN(c3cccc(OC)c3)CC2)[nH]c(C)c1C(C)=O. The van der Waals surface area contributed by atoms with E-state index >= 15 is 0 Å². The van der Waals surface area contributed by atoms with Gasteiger partial charge in [-0.3, -0.25) is 9.59 Å². The Morgan fingerprint density at radius 3 is 2.48 bits per heavy atom. The summed E-state index contributed by atoms with van der Waals surface area (Å²) < 4.78 is 5.30. The lowest BCUT2D eigenvalue weighted by Gasteiger charge is -2.36. The molecule has 1 saturated heterocycles. The van der Waals surface area contributed by atoms with Gasteiger partial charge >= 0.3 is 0 Å². The molecule has 3 rings (SSSR count). The van der Waals surface area contributed by atoms with Crippen molar-refractivity contribution in [3.8, 4) is 5.75 Å². The van der Waals surface area contributed by atoms with Crippen LogP contribution in [-0.2, 0) is 6.42 Å². The maximum atomic E-state index is 13.1. The van der Waals surface area contributed by atoms with Gasteiger partial charge in [-0.2, -0.15) is 0 Å². The maximum Gasteiger partial charge on any atom is 0.270 e. The number of carbonyl (C=O) groups is 2. The van der Waals surface area contributed by atoms with Crippen molar-refractivity contribution >= 4 is 17.4 Å². The molecule has 1 aromatic heterocycles. The highest BCUT2D eigenvalue weighted by atomic mass is 16.5. The molecule has 2 aromatic rings. The number of benzene rings is 1. The van der Waals surface area contributed by atoms with Gasteiger partial charge in [0, 0.05) is 49.2 Å². The van der Waals surface area contributed by atoms with Gasteiger partial charge in [-0.15, -0.1) is 0 Å². The molecule has 144 valence electrons. The summed E-state index contributed by atoms with van der Waals surface area (Å²) in [6, 6.07) is 7.97. The van der Waals surface area contributed by atoms with Gasteiger partial charge in [-0.1, -0.05) is 13.0 Å². The highest BCUT2D eigenvalue weighted by Gasteiger charge is 2.27. The number of hydrogen-bond acceptors (Lipinski definition) is 4. The van der Waals surface area contributed by atoms with E-state index in [4.69, 9.17) is 4.74 Å². The first-order valence-electron chi connectivity index (χ1n) is 9.36. The number of ketones is 1. The molecule has 1 fully saturated rings. The molecule has 1 aromatic carbocycles. The van der Waals surface area contributed by atoms with Crippen LogP contribution in [0.4, 0.5) is 5.69 Å². The highest BCUT2D eigenvalue weighted by Crippen LogP contribution is 2.24. The Balaban J connectivity index is 1.74. The third-order valence-electron chi connectivity index (χ3n) is 5.20. The molecule has 27 heavy (non-hydrogen) atoms. The summed E-state index contributed by atoms with van der Waals surface area (Å²) in [5.74, 6) is 0.812. The van der Waals surface area contributed by atoms with E-state index in [0.717, 1.165) is 35.8 Å². The number of nitrogens with zero attached hydrogens (tertiary/aromatic N) is 2. The maximum absolute atomic E-state index is 13.1. The summed E-state index contributed by atoms with van der Waals surface area (Å²) >= 11 is 0. The van der Waals surface area contributed by atoms with Crippen LogP contribution >= 0.6 is 0 Å². The standard InChI is InChI=1S/C21H27N3O3/c1-5-18-19(15(3)25)14(2)22-20(18)21(26)24-11-9-23(10-12-24)16-7-6-8-17(13-16)27-4/h6-8,13,22H,5,9-12H2,1-4H3. The lowest BCUT2D eigenvalue weighted by molar-refractivity contribution is 0.0740. The molecule has 0 unspecified atom stereocenters. The van der Waals surface area contributed by atoms with Crippen LogP contribution in [0.15, 0.2) is 24.3 Å². The Hall–Kier alpha value is -2.76. The quantitative estimate of drug-likeness (QED) is 0.823. The summed E-state index contributed by atoms with van der Waals surface area (Å²) in [7, 11) is 1.66. The van der Waals surface area contributed by atoms with Crippen LogP contribution in [0, 0.1) is 6.92 Å². The molecule has 6 nitrogen and oxygen atoms in total. The Bertz CT molecular complexity index is 848. The number of Topliss-reactive ketones (excluding diaryl/α,β-unsaturated/α-hetero) is 1. The zero-order chi connectivity index (χ0) is 19.6. The summed E-state index contributed by atoms with van der Waals surface area (Å²) in [4.78, 5) is 32.3. The van der Waals surface area contributed by atoms with E-state index in [1.54, 1.807) is 14.0 Å². The predicted molar refractivity (Wildman–Crippen MR) is 106 cm³/mol. The average Bonchev–Trinajstić information content (AvgIpc) is 3.04. The third-order valence-corrected chi connectivity index (χ3v) is 5.20. The van der Waals surface area contributed by atoms with Crippen LogP contribution in [0.3, 0.4) is 0 Å². The predicted octanol–water partition coefficient (Wildman–Crippen LogP) is 3.06. The Labute approximate surface area is 160 Å². The van der Waals surface area contributed by atoms with Crippen LogP contribution in [0.2, 0.25) is 0 Å². The van der Waals surface area contributed by atoms with Crippen molar-refractivity contribution in [3.05, 3.63) is 46.8 Å². The number of piperazine rings is 1. The first-order valence-corrected chi connectivity index (χ1v) is 9.36. The second kappa shape index (κ2) is 7.86. The number of aryl methyl sites for hydroxylation is 1. The number of amides is 1. The molecule has 6 heteroatoms. The van der Waals surface area contributed by atoms with E-state index in [1.807, 2.05) is 36.9 Å². The zero-order valence-corrected chi connectivity index (χ0v) is 16.5. The number of hydrogen-bond donors (Lipinski definition) is 1. The molecule has 2 heterocycles. The number of H-pyrrole nitrogens is 1. The van der Waals surface area contributed by atoms with E-state index in [-0.39, 0.29) is 11.7 Å². The van der Waals surface area contributed by atoms with Gasteiger partial charge in [0.1, 0.15) is 11.4 Å². The largest absolute Gasteiger partial charge is 0.497 e. The van der Waals surface area contributed by atoms with Gasteiger partial charge in [-0.05, 0) is 38.0 Å². The van der Waals surface area contributed by atoms with Gasteiger partial charge in [-0.25, -0.2) is 0 Å². The number of rotatable bonds is 5. The molecule has 1 aliphatic rings. The fourth-order valence-electron chi connectivity index (χ4n) is 3.82. The number of anilines is 1. The summed E-state index contributed by atoms with van der Waals surface area (Å²) in [6.07, 6.45) is 0.657. The highest BCUT2D eigenvalue weighted by molar-refractivity contribution is 6.02. The number of aromatic amines is 1. The smallest absolute Gasteiger partial charge is 0.270 e. The second-order valence-electron chi connectivity index (χ2n) is 6.87. The van der Waals surface area contributed by atoms with Crippen molar-refractivity contribution < 1.29 is 14.3 Å². The van der Waals surface area contributed by atoms with Crippen molar-refractivity contribution in [3.63, 3.8) is 0 Å².